The Balaban J connectivity index is 1.39. The standard InChI is InChI=1S/C29H38N6O4S2/c1-33(2)41(36,37)22-17-24(23-4-8-30-25(23)18-22)28-31-26-16-21(19-34-9-5-20(6-10-34)7-13-38-3)40-27(26)29(32-28)35-11-14-39-15-12-35/h4,8,16-18,20,30H,5-7,9-15,19H2,1-3H3. The fourth-order valence-corrected chi connectivity index (χ4v) is 7.89. The van der Waals surface area contributed by atoms with Gasteiger partial charge in [0.2, 0.25) is 10.0 Å². The Morgan fingerprint density at radius 2 is 1.90 bits per heavy atom. The van der Waals surface area contributed by atoms with Gasteiger partial charge in [0.15, 0.2) is 11.6 Å². The molecule has 6 rings (SSSR count). The number of rotatable bonds is 9. The van der Waals surface area contributed by atoms with Crippen molar-refractivity contribution in [2.24, 2.45) is 5.92 Å². The predicted molar refractivity (Wildman–Crippen MR) is 163 cm³/mol. The number of aromatic nitrogens is 3. The molecule has 41 heavy (non-hydrogen) atoms. The lowest BCUT2D eigenvalue weighted by molar-refractivity contribution is 0.122. The van der Waals surface area contributed by atoms with Crippen LogP contribution >= 0.6 is 11.3 Å². The van der Waals surface area contributed by atoms with E-state index in [4.69, 9.17) is 19.4 Å². The molecule has 4 aromatic rings. The number of anilines is 1. The van der Waals surface area contributed by atoms with Crippen molar-refractivity contribution in [3.05, 3.63) is 35.3 Å². The van der Waals surface area contributed by atoms with Crippen molar-refractivity contribution < 1.29 is 17.9 Å². The number of methoxy groups -OCH3 is 1. The molecule has 0 unspecified atom stereocenters. The Labute approximate surface area is 245 Å². The van der Waals surface area contributed by atoms with E-state index in [1.54, 1.807) is 44.7 Å². The molecule has 0 bridgehead atoms. The van der Waals surface area contributed by atoms with Crippen molar-refractivity contribution in [3.8, 4) is 11.4 Å². The number of piperidine rings is 1. The third-order valence-corrected chi connectivity index (χ3v) is 11.1. The van der Waals surface area contributed by atoms with E-state index in [1.807, 2.05) is 12.3 Å². The Morgan fingerprint density at radius 3 is 2.63 bits per heavy atom. The van der Waals surface area contributed by atoms with Gasteiger partial charge in [-0.2, -0.15) is 0 Å². The van der Waals surface area contributed by atoms with E-state index >= 15 is 0 Å². The van der Waals surface area contributed by atoms with Crippen LogP contribution in [-0.2, 0) is 26.0 Å². The Kier molecular flexibility index (Phi) is 8.30. The summed E-state index contributed by atoms with van der Waals surface area (Å²) in [6, 6.07) is 7.53. The monoisotopic (exact) mass is 598 g/mol. The van der Waals surface area contributed by atoms with Gasteiger partial charge in [-0.3, -0.25) is 4.90 Å². The zero-order valence-electron chi connectivity index (χ0n) is 23.9. The van der Waals surface area contributed by atoms with Crippen LogP contribution in [0.2, 0.25) is 0 Å². The summed E-state index contributed by atoms with van der Waals surface area (Å²) in [4.78, 5) is 19.6. The number of morpholine rings is 1. The number of fused-ring (bicyclic) bond motifs is 2. The molecule has 5 heterocycles. The van der Waals surface area contributed by atoms with E-state index in [2.05, 4.69) is 20.9 Å². The number of nitrogens with zero attached hydrogens (tertiary/aromatic N) is 5. The third kappa shape index (κ3) is 5.86. The number of nitrogens with one attached hydrogen (secondary N) is 1. The van der Waals surface area contributed by atoms with Crippen molar-refractivity contribution in [1.82, 2.24) is 24.2 Å². The lowest BCUT2D eigenvalue weighted by atomic mass is 9.94. The first kappa shape index (κ1) is 28.5. The molecule has 1 aromatic carbocycles. The largest absolute Gasteiger partial charge is 0.385 e. The SMILES string of the molecule is COCCC1CCN(Cc2cc3nc(-c4cc(S(=O)(=O)N(C)C)cc5[nH]ccc45)nc(N4CCOCC4)c3s2)CC1. The van der Waals surface area contributed by atoms with Gasteiger partial charge in [0, 0.05) is 75.0 Å². The first-order chi connectivity index (χ1) is 19.8. The van der Waals surface area contributed by atoms with Crippen molar-refractivity contribution in [1.29, 1.82) is 0 Å². The number of hydrogen-bond acceptors (Lipinski definition) is 9. The summed E-state index contributed by atoms with van der Waals surface area (Å²) in [6.07, 6.45) is 5.37. The van der Waals surface area contributed by atoms with Crippen molar-refractivity contribution in [2.45, 2.75) is 30.7 Å². The van der Waals surface area contributed by atoms with Crippen LogP contribution in [0.4, 0.5) is 5.82 Å². The third-order valence-electron chi connectivity index (χ3n) is 8.19. The lowest BCUT2D eigenvalue weighted by Gasteiger charge is -2.31. The minimum absolute atomic E-state index is 0.212. The van der Waals surface area contributed by atoms with Crippen LogP contribution in [0.15, 0.2) is 35.4 Å². The second-order valence-electron chi connectivity index (χ2n) is 11.1. The first-order valence-electron chi connectivity index (χ1n) is 14.2. The summed E-state index contributed by atoms with van der Waals surface area (Å²) < 4.78 is 39.5. The molecule has 0 saturated carbocycles. The number of aromatic amines is 1. The van der Waals surface area contributed by atoms with Gasteiger partial charge in [0.05, 0.1) is 28.3 Å². The van der Waals surface area contributed by atoms with Crippen LogP contribution < -0.4 is 4.90 Å². The van der Waals surface area contributed by atoms with Crippen LogP contribution in [0, 0.1) is 5.92 Å². The zero-order valence-corrected chi connectivity index (χ0v) is 25.6. The maximum atomic E-state index is 13.1. The molecule has 3 aromatic heterocycles. The number of hydrogen-bond donors (Lipinski definition) is 1. The average molecular weight is 599 g/mol. The number of benzene rings is 1. The maximum Gasteiger partial charge on any atom is 0.242 e. The molecule has 2 saturated heterocycles. The normalized spacial score (nSPS) is 17.8. The van der Waals surface area contributed by atoms with Crippen LogP contribution in [-0.4, -0.2) is 99.8 Å². The number of H-pyrrole nitrogens is 1. The van der Waals surface area contributed by atoms with E-state index in [-0.39, 0.29) is 4.90 Å². The van der Waals surface area contributed by atoms with Crippen LogP contribution in [0.3, 0.4) is 0 Å². The van der Waals surface area contributed by atoms with Crippen molar-refractivity contribution in [2.75, 3.05) is 72.1 Å². The number of ether oxygens (including phenoxy) is 2. The van der Waals surface area contributed by atoms with Gasteiger partial charge in [-0.05, 0) is 62.5 Å². The number of likely N-dealkylation sites (tertiary alicyclic amines) is 1. The summed E-state index contributed by atoms with van der Waals surface area (Å²) in [6.45, 7) is 6.72. The summed E-state index contributed by atoms with van der Waals surface area (Å²) in [5.41, 5.74) is 2.34. The second kappa shape index (κ2) is 11.9. The molecule has 0 spiro atoms. The fourth-order valence-electron chi connectivity index (χ4n) is 5.78. The Bertz CT molecular complexity index is 1620. The van der Waals surface area contributed by atoms with E-state index in [1.165, 1.54) is 22.0 Å². The molecule has 0 radical (unpaired) electrons. The van der Waals surface area contributed by atoms with Crippen molar-refractivity contribution in [3.63, 3.8) is 0 Å². The molecule has 0 atom stereocenters. The second-order valence-corrected chi connectivity index (χ2v) is 14.4. The minimum Gasteiger partial charge on any atom is -0.385 e. The van der Waals surface area contributed by atoms with Crippen LogP contribution in [0.25, 0.3) is 32.5 Å². The highest BCUT2D eigenvalue weighted by atomic mass is 32.2. The molecule has 2 aliphatic heterocycles. The predicted octanol–water partition coefficient (Wildman–Crippen LogP) is 4.18. The Morgan fingerprint density at radius 1 is 1.12 bits per heavy atom. The fraction of sp³-hybridized carbons (Fsp3) is 0.517. The van der Waals surface area contributed by atoms with Gasteiger partial charge in [-0.1, -0.05) is 0 Å². The van der Waals surface area contributed by atoms with Gasteiger partial charge < -0.3 is 19.4 Å². The molecular formula is C29H38N6O4S2. The molecule has 12 heteroatoms. The highest BCUT2D eigenvalue weighted by Crippen LogP contribution is 2.38. The van der Waals surface area contributed by atoms with Gasteiger partial charge in [0.1, 0.15) is 0 Å². The van der Waals surface area contributed by atoms with Crippen LogP contribution in [0.1, 0.15) is 24.1 Å². The van der Waals surface area contributed by atoms with Gasteiger partial charge in [-0.25, -0.2) is 22.7 Å². The summed E-state index contributed by atoms with van der Waals surface area (Å²) in [5.74, 6) is 2.17. The zero-order chi connectivity index (χ0) is 28.6. The molecular weight excluding hydrogens is 560 g/mol. The molecule has 10 nitrogen and oxygen atoms in total. The first-order valence-corrected chi connectivity index (χ1v) is 16.5. The average Bonchev–Trinajstić information content (AvgIpc) is 3.63. The quantitative estimate of drug-likeness (QED) is 0.306. The number of thiophene rings is 1. The molecule has 2 fully saturated rings. The lowest BCUT2D eigenvalue weighted by Crippen LogP contribution is -2.36. The highest BCUT2D eigenvalue weighted by Gasteiger charge is 2.25. The highest BCUT2D eigenvalue weighted by molar-refractivity contribution is 7.89. The Hall–Kier alpha value is -2.61. The van der Waals surface area contributed by atoms with E-state index in [9.17, 15) is 8.42 Å². The molecule has 0 aliphatic carbocycles. The van der Waals surface area contributed by atoms with E-state index in [0.29, 0.717) is 24.6 Å². The molecule has 0 amide bonds. The van der Waals surface area contributed by atoms with Crippen molar-refractivity contribution >= 4 is 48.3 Å². The smallest absolute Gasteiger partial charge is 0.242 e. The molecule has 1 N–H and O–H groups in total. The molecule has 220 valence electrons. The summed E-state index contributed by atoms with van der Waals surface area (Å²) >= 11 is 1.77. The summed E-state index contributed by atoms with van der Waals surface area (Å²) in [7, 11) is 1.21. The van der Waals surface area contributed by atoms with Crippen LogP contribution in [0.5, 0.6) is 0 Å². The molecule has 2 aliphatic rings. The minimum atomic E-state index is -3.65. The van der Waals surface area contributed by atoms with E-state index in [0.717, 1.165) is 78.6 Å². The topological polar surface area (TPSA) is 104 Å². The maximum absolute atomic E-state index is 13.1. The van der Waals surface area contributed by atoms with Gasteiger partial charge >= 0.3 is 0 Å². The summed E-state index contributed by atoms with van der Waals surface area (Å²) in [5, 5.41) is 0.891. The number of sulfonamides is 1. The van der Waals surface area contributed by atoms with E-state index < -0.39 is 10.0 Å². The van der Waals surface area contributed by atoms with Gasteiger partial charge in [-0.15, -0.1) is 11.3 Å². The van der Waals surface area contributed by atoms with Gasteiger partial charge in [0.25, 0.3) is 0 Å².